The van der Waals surface area contributed by atoms with Gasteiger partial charge >= 0.3 is 0 Å². The van der Waals surface area contributed by atoms with Crippen molar-refractivity contribution in [3.8, 4) is 0 Å². The molecule has 1 aliphatic rings. The standard InChI is InChI=1S/C20H27NO3/c1-3-4-5-6-7-10-14-24-15-13-18-17-11-8-9-12-19(17)21(16(2)22)20(18)23/h8-9,11-13H,3-7,10,14-15H2,1-2H3/b18-13+. The summed E-state index contributed by atoms with van der Waals surface area (Å²) < 4.78 is 5.63. The second-order valence-electron chi connectivity index (χ2n) is 6.14. The molecule has 0 saturated carbocycles. The van der Waals surface area contributed by atoms with Crippen LogP contribution in [0.5, 0.6) is 0 Å². The third kappa shape index (κ3) is 4.54. The highest BCUT2D eigenvalue weighted by atomic mass is 16.5. The van der Waals surface area contributed by atoms with E-state index >= 15 is 0 Å². The average Bonchev–Trinajstić information content (AvgIpc) is 2.85. The topological polar surface area (TPSA) is 46.6 Å². The van der Waals surface area contributed by atoms with E-state index in [1.807, 2.05) is 18.2 Å². The Morgan fingerprint density at radius 3 is 2.58 bits per heavy atom. The third-order valence-corrected chi connectivity index (χ3v) is 4.23. The molecule has 1 aromatic carbocycles. The van der Waals surface area contributed by atoms with Gasteiger partial charge in [-0.15, -0.1) is 0 Å². The van der Waals surface area contributed by atoms with Gasteiger partial charge < -0.3 is 4.74 Å². The molecule has 2 rings (SSSR count). The van der Waals surface area contributed by atoms with E-state index in [9.17, 15) is 9.59 Å². The van der Waals surface area contributed by atoms with E-state index in [-0.39, 0.29) is 11.8 Å². The van der Waals surface area contributed by atoms with Crippen LogP contribution in [0.25, 0.3) is 5.57 Å². The largest absolute Gasteiger partial charge is 0.377 e. The Morgan fingerprint density at radius 2 is 1.83 bits per heavy atom. The van der Waals surface area contributed by atoms with Crippen molar-refractivity contribution in [1.29, 1.82) is 0 Å². The first-order valence-electron chi connectivity index (χ1n) is 8.89. The molecule has 0 bridgehead atoms. The van der Waals surface area contributed by atoms with E-state index in [1.54, 1.807) is 12.1 Å². The zero-order chi connectivity index (χ0) is 17.4. The maximum Gasteiger partial charge on any atom is 0.265 e. The molecule has 1 aromatic rings. The van der Waals surface area contributed by atoms with E-state index in [2.05, 4.69) is 6.92 Å². The number of hydrogen-bond acceptors (Lipinski definition) is 3. The molecular weight excluding hydrogens is 302 g/mol. The van der Waals surface area contributed by atoms with Gasteiger partial charge in [0.15, 0.2) is 0 Å². The van der Waals surface area contributed by atoms with Crippen LogP contribution >= 0.6 is 0 Å². The normalized spacial score (nSPS) is 15.2. The first-order chi connectivity index (χ1) is 11.7. The Morgan fingerprint density at radius 1 is 1.12 bits per heavy atom. The lowest BCUT2D eigenvalue weighted by molar-refractivity contribution is -0.122. The van der Waals surface area contributed by atoms with E-state index in [0.717, 1.165) is 12.0 Å². The molecule has 24 heavy (non-hydrogen) atoms. The fourth-order valence-electron chi connectivity index (χ4n) is 2.96. The van der Waals surface area contributed by atoms with Crippen LogP contribution in [0.3, 0.4) is 0 Å². The van der Waals surface area contributed by atoms with Gasteiger partial charge in [-0.3, -0.25) is 9.59 Å². The maximum atomic E-state index is 12.5. The van der Waals surface area contributed by atoms with Crippen LogP contribution in [0.2, 0.25) is 0 Å². The summed E-state index contributed by atoms with van der Waals surface area (Å²) in [5, 5.41) is 0. The minimum absolute atomic E-state index is 0.258. The highest BCUT2D eigenvalue weighted by Crippen LogP contribution is 2.36. The summed E-state index contributed by atoms with van der Waals surface area (Å²) in [6, 6.07) is 7.38. The molecule has 0 radical (unpaired) electrons. The van der Waals surface area contributed by atoms with Crippen LogP contribution < -0.4 is 4.90 Å². The lowest BCUT2D eigenvalue weighted by atomic mass is 10.1. The minimum atomic E-state index is -0.260. The third-order valence-electron chi connectivity index (χ3n) is 4.23. The molecule has 4 nitrogen and oxygen atoms in total. The van der Waals surface area contributed by atoms with Crippen molar-refractivity contribution < 1.29 is 14.3 Å². The van der Waals surface area contributed by atoms with Crippen molar-refractivity contribution in [3.05, 3.63) is 35.9 Å². The Kier molecular flexibility index (Phi) is 7.19. The van der Waals surface area contributed by atoms with Crippen molar-refractivity contribution in [2.45, 2.75) is 52.4 Å². The molecule has 0 spiro atoms. The zero-order valence-electron chi connectivity index (χ0n) is 14.7. The SMILES string of the molecule is CCCCCCCCOC/C=C1/C(=O)N(C(C)=O)c2ccccc21. The highest BCUT2D eigenvalue weighted by molar-refractivity contribution is 6.39. The Balaban J connectivity index is 1.84. The van der Waals surface area contributed by atoms with Gasteiger partial charge in [-0.25, -0.2) is 4.90 Å². The summed E-state index contributed by atoms with van der Waals surface area (Å²) in [6.07, 6.45) is 9.16. The number of carbonyl (C=O) groups excluding carboxylic acids is 2. The summed E-state index contributed by atoms with van der Waals surface area (Å²) >= 11 is 0. The van der Waals surface area contributed by atoms with Crippen LogP contribution in [-0.4, -0.2) is 25.0 Å². The van der Waals surface area contributed by atoms with Crippen molar-refractivity contribution in [1.82, 2.24) is 0 Å². The first kappa shape index (κ1) is 18.4. The fraction of sp³-hybridized carbons (Fsp3) is 0.500. The van der Waals surface area contributed by atoms with Gasteiger partial charge in [-0.2, -0.15) is 0 Å². The molecule has 2 amide bonds. The molecule has 130 valence electrons. The van der Waals surface area contributed by atoms with Gasteiger partial charge in [0.1, 0.15) is 0 Å². The second-order valence-corrected chi connectivity index (χ2v) is 6.14. The average molecular weight is 329 g/mol. The number of rotatable bonds is 9. The number of unbranched alkanes of at least 4 members (excludes halogenated alkanes) is 5. The molecule has 0 saturated heterocycles. The van der Waals surface area contributed by atoms with Crippen molar-refractivity contribution in [2.24, 2.45) is 0 Å². The second kappa shape index (κ2) is 9.38. The van der Waals surface area contributed by atoms with Crippen LogP contribution in [-0.2, 0) is 14.3 Å². The Bertz CT molecular complexity index is 607. The smallest absolute Gasteiger partial charge is 0.265 e. The van der Waals surface area contributed by atoms with E-state index in [0.29, 0.717) is 24.5 Å². The summed E-state index contributed by atoms with van der Waals surface area (Å²) in [5.41, 5.74) is 2.03. The number of hydrogen-bond donors (Lipinski definition) is 0. The van der Waals surface area contributed by atoms with Gasteiger partial charge in [0.2, 0.25) is 5.91 Å². The quantitative estimate of drug-likeness (QED) is 0.500. The lowest BCUT2D eigenvalue weighted by Gasteiger charge is -2.11. The number of amides is 2. The highest BCUT2D eigenvalue weighted by Gasteiger charge is 2.34. The molecule has 0 aliphatic carbocycles. The van der Waals surface area contributed by atoms with Gasteiger partial charge in [0.25, 0.3) is 5.91 Å². The zero-order valence-corrected chi connectivity index (χ0v) is 14.7. The van der Waals surface area contributed by atoms with Crippen molar-refractivity contribution in [2.75, 3.05) is 18.1 Å². The van der Waals surface area contributed by atoms with E-state index in [4.69, 9.17) is 4.74 Å². The Labute approximate surface area is 144 Å². The molecule has 1 heterocycles. The molecule has 0 N–H and O–H groups in total. The van der Waals surface area contributed by atoms with Gasteiger partial charge in [-0.1, -0.05) is 57.2 Å². The van der Waals surface area contributed by atoms with Crippen LogP contribution in [0.4, 0.5) is 5.69 Å². The Hall–Kier alpha value is -1.94. The number of ether oxygens (including phenoxy) is 1. The molecule has 0 unspecified atom stereocenters. The summed E-state index contributed by atoms with van der Waals surface area (Å²) in [7, 11) is 0. The van der Waals surface area contributed by atoms with Gasteiger partial charge in [0, 0.05) is 24.7 Å². The number of anilines is 1. The number of carbonyl (C=O) groups is 2. The monoisotopic (exact) mass is 329 g/mol. The molecule has 4 heteroatoms. The molecule has 0 atom stereocenters. The first-order valence-corrected chi connectivity index (χ1v) is 8.89. The van der Waals surface area contributed by atoms with Crippen molar-refractivity contribution in [3.63, 3.8) is 0 Å². The number of benzene rings is 1. The molecule has 1 aliphatic heterocycles. The van der Waals surface area contributed by atoms with Crippen molar-refractivity contribution >= 4 is 23.1 Å². The number of para-hydroxylation sites is 1. The summed E-state index contributed by atoms with van der Waals surface area (Å²) in [6.45, 7) is 4.73. The number of nitrogens with zero attached hydrogens (tertiary/aromatic N) is 1. The lowest BCUT2D eigenvalue weighted by Crippen LogP contribution is -2.31. The fourth-order valence-corrected chi connectivity index (χ4v) is 2.96. The van der Waals surface area contributed by atoms with Gasteiger partial charge in [-0.05, 0) is 18.6 Å². The maximum absolute atomic E-state index is 12.5. The van der Waals surface area contributed by atoms with Crippen LogP contribution in [0.1, 0.15) is 57.9 Å². The summed E-state index contributed by atoms with van der Waals surface area (Å²) in [5.74, 6) is -0.518. The molecule has 0 aromatic heterocycles. The minimum Gasteiger partial charge on any atom is -0.377 e. The van der Waals surface area contributed by atoms with Crippen LogP contribution in [0, 0.1) is 0 Å². The van der Waals surface area contributed by atoms with Gasteiger partial charge in [0.05, 0.1) is 12.3 Å². The predicted molar refractivity (Wildman–Crippen MR) is 96.8 cm³/mol. The molecular formula is C20H27NO3. The molecule has 0 fully saturated rings. The number of fused-ring (bicyclic) bond motifs is 1. The van der Waals surface area contributed by atoms with E-state index in [1.165, 1.54) is 43.9 Å². The van der Waals surface area contributed by atoms with Crippen LogP contribution in [0.15, 0.2) is 30.3 Å². The summed E-state index contributed by atoms with van der Waals surface area (Å²) in [4.78, 5) is 25.4. The van der Waals surface area contributed by atoms with E-state index < -0.39 is 0 Å². The number of imide groups is 1. The predicted octanol–water partition coefficient (Wildman–Crippen LogP) is 4.34.